The Balaban J connectivity index is 2.65. The van der Waals surface area contributed by atoms with Gasteiger partial charge in [-0.15, -0.1) is 0 Å². The molecule has 0 amide bonds. The van der Waals surface area contributed by atoms with E-state index in [1.807, 2.05) is 6.07 Å². The second kappa shape index (κ2) is 6.48. The smallest absolute Gasteiger partial charge is 0.337 e. The molecule has 0 aliphatic heterocycles. The number of carbonyl (C=O) groups is 2. The van der Waals surface area contributed by atoms with Crippen molar-refractivity contribution in [3.8, 4) is 0 Å². The van der Waals surface area contributed by atoms with E-state index < -0.39 is 0 Å². The average molecular weight is 234 g/mol. The first-order valence-electron chi connectivity index (χ1n) is 5.12. The van der Waals surface area contributed by atoms with Crippen LogP contribution >= 0.6 is 0 Å². The molecule has 0 saturated carbocycles. The number of ether oxygens (including phenoxy) is 2. The molecule has 4 nitrogen and oxygen atoms in total. The highest BCUT2D eigenvalue weighted by molar-refractivity contribution is 5.89. The lowest BCUT2D eigenvalue weighted by Crippen LogP contribution is -2.00. The lowest BCUT2D eigenvalue weighted by molar-refractivity contribution is -0.139. The molecule has 17 heavy (non-hydrogen) atoms. The summed E-state index contributed by atoms with van der Waals surface area (Å²) in [5.74, 6) is -0.696. The van der Waals surface area contributed by atoms with Crippen molar-refractivity contribution in [2.24, 2.45) is 0 Å². The predicted octanol–water partition coefficient (Wildman–Crippen LogP) is 2.05. The van der Waals surface area contributed by atoms with Gasteiger partial charge in [-0.1, -0.05) is 18.2 Å². The Kier molecular flexibility index (Phi) is 4.94. The third-order valence-corrected chi connectivity index (χ3v) is 2.00. The molecule has 0 fully saturated rings. The molecule has 1 rings (SSSR count). The van der Waals surface area contributed by atoms with Gasteiger partial charge in [0.05, 0.1) is 12.7 Å². The molecule has 0 aliphatic carbocycles. The van der Waals surface area contributed by atoms with Gasteiger partial charge in [0, 0.05) is 6.92 Å². The SMILES string of the molecule is COC(=O)c1cccc(/C=C/COC(C)=O)c1. The first kappa shape index (κ1) is 13.0. The number of hydrogen-bond donors (Lipinski definition) is 0. The first-order chi connectivity index (χ1) is 8.13. The van der Waals surface area contributed by atoms with Gasteiger partial charge in [-0.3, -0.25) is 4.79 Å². The predicted molar refractivity (Wildman–Crippen MR) is 63.4 cm³/mol. The molecule has 0 atom stereocenters. The van der Waals surface area contributed by atoms with Gasteiger partial charge >= 0.3 is 11.9 Å². The number of methoxy groups -OCH3 is 1. The molecule has 0 heterocycles. The Labute approximate surface area is 99.8 Å². The fourth-order valence-corrected chi connectivity index (χ4v) is 1.24. The summed E-state index contributed by atoms with van der Waals surface area (Å²) in [6.45, 7) is 1.57. The molecule has 0 N–H and O–H groups in total. The van der Waals surface area contributed by atoms with Crippen LogP contribution in [0.1, 0.15) is 22.8 Å². The zero-order valence-corrected chi connectivity index (χ0v) is 9.80. The van der Waals surface area contributed by atoms with Crippen LogP contribution in [0.5, 0.6) is 0 Å². The van der Waals surface area contributed by atoms with Crippen LogP contribution < -0.4 is 0 Å². The van der Waals surface area contributed by atoms with Gasteiger partial charge in [0.1, 0.15) is 6.61 Å². The minimum absolute atomic E-state index is 0.220. The Morgan fingerprint density at radius 3 is 2.76 bits per heavy atom. The highest BCUT2D eigenvalue weighted by atomic mass is 16.5. The van der Waals surface area contributed by atoms with Gasteiger partial charge in [-0.2, -0.15) is 0 Å². The Hall–Kier alpha value is -2.10. The number of esters is 2. The molecule has 0 aliphatic rings. The molecule has 0 saturated heterocycles. The molecule has 0 unspecified atom stereocenters. The normalized spacial score (nSPS) is 10.2. The van der Waals surface area contributed by atoms with Crippen molar-refractivity contribution in [1.29, 1.82) is 0 Å². The number of hydrogen-bond acceptors (Lipinski definition) is 4. The minimum atomic E-state index is -0.375. The first-order valence-corrected chi connectivity index (χ1v) is 5.12. The van der Waals surface area contributed by atoms with E-state index >= 15 is 0 Å². The molecular weight excluding hydrogens is 220 g/mol. The van der Waals surface area contributed by atoms with Crippen molar-refractivity contribution >= 4 is 18.0 Å². The highest BCUT2D eigenvalue weighted by Gasteiger charge is 2.03. The van der Waals surface area contributed by atoms with Crippen LogP contribution in [0.25, 0.3) is 6.08 Å². The summed E-state index contributed by atoms with van der Waals surface area (Å²) in [7, 11) is 1.34. The molecule has 0 spiro atoms. The molecule has 4 heteroatoms. The van der Waals surface area contributed by atoms with E-state index in [0.29, 0.717) is 5.56 Å². The maximum atomic E-state index is 11.3. The molecular formula is C13H14O4. The van der Waals surface area contributed by atoms with E-state index in [1.165, 1.54) is 14.0 Å². The lowest BCUT2D eigenvalue weighted by Gasteiger charge is -2.00. The summed E-state index contributed by atoms with van der Waals surface area (Å²) in [4.78, 5) is 21.8. The zero-order chi connectivity index (χ0) is 12.7. The van der Waals surface area contributed by atoms with Crippen molar-refractivity contribution in [1.82, 2.24) is 0 Å². The summed E-state index contributed by atoms with van der Waals surface area (Å²) in [5.41, 5.74) is 1.34. The zero-order valence-electron chi connectivity index (χ0n) is 9.80. The fourth-order valence-electron chi connectivity index (χ4n) is 1.24. The van der Waals surface area contributed by atoms with E-state index in [0.717, 1.165) is 5.56 Å². The van der Waals surface area contributed by atoms with Crippen LogP contribution in [0.3, 0.4) is 0 Å². The summed E-state index contributed by atoms with van der Waals surface area (Å²) in [6, 6.07) is 6.99. The van der Waals surface area contributed by atoms with Crippen LogP contribution in [-0.4, -0.2) is 25.7 Å². The van der Waals surface area contributed by atoms with Crippen molar-refractivity contribution in [3.63, 3.8) is 0 Å². The number of carbonyl (C=O) groups excluding carboxylic acids is 2. The topological polar surface area (TPSA) is 52.6 Å². The maximum Gasteiger partial charge on any atom is 0.337 e. The fraction of sp³-hybridized carbons (Fsp3) is 0.231. The number of benzene rings is 1. The summed E-state index contributed by atoms with van der Waals surface area (Å²) >= 11 is 0. The van der Waals surface area contributed by atoms with Gasteiger partial charge in [0.25, 0.3) is 0 Å². The van der Waals surface area contributed by atoms with Gasteiger partial charge in [-0.25, -0.2) is 4.79 Å². The third-order valence-electron chi connectivity index (χ3n) is 2.00. The van der Waals surface area contributed by atoms with Crippen LogP contribution in [0.15, 0.2) is 30.3 Å². The minimum Gasteiger partial charge on any atom is -0.465 e. The average Bonchev–Trinajstić information content (AvgIpc) is 2.34. The van der Waals surface area contributed by atoms with E-state index in [9.17, 15) is 9.59 Å². The van der Waals surface area contributed by atoms with E-state index in [-0.39, 0.29) is 18.5 Å². The van der Waals surface area contributed by atoms with Crippen molar-refractivity contribution in [3.05, 3.63) is 41.5 Å². The van der Waals surface area contributed by atoms with E-state index in [1.54, 1.807) is 30.4 Å². The maximum absolute atomic E-state index is 11.3. The Morgan fingerprint density at radius 1 is 1.35 bits per heavy atom. The van der Waals surface area contributed by atoms with Crippen LogP contribution in [0.4, 0.5) is 0 Å². The van der Waals surface area contributed by atoms with Crippen molar-refractivity contribution in [2.45, 2.75) is 6.92 Å². The second-order valence-electron chi connectivity index (χ2n) is 3.32. The summed E-state index contributed by atoms with van der Waals surface area (Å²) in [6.07, 6.45) is 3.48. The number of rotatable bonds is 4. The second-order valence-corrected chi connectivity index (χ2v) is 3.32. The Bertz CT molecular complexity index is 435. The quantitative estimate of drug-likeness (QED) is 0.748. The van der Waals surface area contributed by atoms with Crippen LogP contribution in [0.2, 0.25) is 0 Å². The van der Waals surface area contributed by atoms with E-state index in [4.69, 9.17) is 4.74 Å². The third kappa shape index (κ3) is 4.51. The lowest BCUT2D eigenvalue weighted by atomic mass is 10.1. The Morgan fingerprint density at radius 2 is 2.12 bits per heavy atom. The summed E-state index contributed by atoms with van der Waals surface area (Å²) in [5, 5.41) is 0. The molecule has 1 aromatic carbocycles. The van der Waals surface area contributed by atoms with Crippen molar-refractivity contribution in [2.75, 3.05) is 13.7 Å². The molecule has 1 aromatic rings. The van der Waals surface area contributed by atoms with Crippen molar-refractivity contribution < 1.29 is 19.1 Å². The van der Waals surface area contributed by atoms with Crippen LogP contribution in [0, 0.1) is 0 Å². The molecule has 90 valence electrons. The van der Waals surface area contributed by atoms with E-state index in [2.05, 4.69) is 4.74 Å². The van der Waals surface area contributed by atoms with Gasteiger partial charge < -0.3 is 9.47 Å². The molecule has 0 aromatic heterocycles. The van der Waals surface area contributed by atoms with Gasteiger partial charge in [-0.05, 0) is 23.8 Å². The highest BCUT2D eigenvalue weighted by Crippen LogP contribution is 2.08. The molecule has 0 radical (unpaired) electrons. The summed E-state index contributed by atoms with van der Waals surface area (Å²) < 4.78 is 9.36. The largest absolute Gasteiger partial charge is 0.465 e. The molecule has 0 bridgehead atoms. The van der Waals surface area contributed by atoms with Crippen LogP contribution in [-0.2, 0) is 14.3 Å². The van der Waals surface area contributed by atoms with Gasteiger partial charge in [0.2, 0.25) is 0 Å². The monoisotopic (exact) mass is 234 g/mol. The van der Waals surface area contributed by atoms with Gasteiger partial charge in [0.15, 0.2) is 0 Å². The standard InChI is InChI=1S/C13H14O4/c1-10(14)17-8-4-6-11-5-3-7-12(9-11)13(15)16-2/h3-7,9H,8H2,1-2H3/b6-4+.